The highest BCUT2D eigenvalue weighted by Gasteiger charge is 2.36. The summed E-state index contributed by atoms with van der Waals surface area (Å²) in [5.41, 5.74) is 1.75. The van der Waals surface area contributed by atoms with Gasteiger partial charge >= 0.3 is 0 Å². The fourth-order valence-corrected chi connectivity index (χ4v) is 3.76. The van der Waals surface area contributed by atoms with Crippen LogP contribution in [0.3, 0.4) is 0 Å². The molecule has 0 N–H and O–H groups in total. The predicted molar refractivity (Wildman–Crippen MR) is 91.5 cm³/mol. The van der Waals surface area contributed by atoms with Crippen molar-refractivity contribution in [3.63, 3.8) is 0 Å². The number of anilines is 1. The second-order valence-electron chi connectivity index (χ2n) is 6.67. The summed E-state index contributed by atoms with van der Waals surface area (Å²) in [6.45, 7) is 1.37. The van der Waals surface area contributed by atoms with Crippen LogP contribution in [0, 0.1) is 0 Å². The topological polar surface area (TPSA) is 85.3 Å². The van der Waals surface area contributed by atoms with Crippen LogP contribution in [0.1, 0.15) is 18.2 Å². The van der Waals surface area contributed by atoms with E-state index in [2.05, 4.69) is 20.3 Å². The average molecular weight is 367 g/mol. The third kappa shape index (κ3) is 2.07. The average Bonchev–Trinajstić information content (AvgIpc) is 3.44. The molecule has 3 aromatic rings. The van der Waals surface area contributed by atoms with Crippen LogP contribution in [0.4, 0.5) is 10.2 Å². The number of nitrogens with zero attached hydrogens (tertiary/aromatic N) is 7. The quantitative estimate of drug-likeness (QED) is 0.638. The molecule has 1 saturated heterocycles. The van der Waals surface area contributed by atoms with Gasteiger partial charge in [-0.1, -0.05) is 21.8 Å². The molecule has 10 heteroatoms. The molecule has 0 bridgehead atoms. The van der Waals surface area contributed by atoms with Gasteiger partial charge in [-0.15, -0.1) is 10.2 Å². The summed E-state index contributed by atoms with van der Waals surface area (Å²) in [5.74, 6) is 2.59. The molecule has 1 unspecified atom stereocenters. The number of para-hydroxylation sites is 1. The van der Waals surface area contributed by atoms with Crippen molar-refractivity contribution in [3.8, 4) is 23.1 Å². The van der Waals surface area contributed by atoms with E-state index in [0.29, 0.717) is 41.6 Å². The molecule has 3 aliphatic rings. The lowest BCUT2D eigenvalue weighted by molar-refractivity contribution is 0.104. The lowest BCUT2D eigenvalue weighted by Gasteiger charge is -2.29. The molecule has 0 saturated carbocycles. The molecule has 136 valence electrons. The summed E-state index contributed by atoms with van der Waals surface area (Å²) < 4.78 is 26.7. The maximum atomic E-state index is 14.1. The minimum absolute atomic E-state index is 0.0951. The summed E-state index contributed by atoms with van der Waals surface area (Å²) in [7, 11) is 0. The SMILES string of the molecule is FN1C=C2N(C1)c1ccccc1-c1nnc(-c3nc(C4CCOC4)no3)n12. The maximum absolute atomic E-state index is 14.1. The first kappa shape index (κ1) is 14.9. The minimum atomic E-state index is 0.0951. The molecule has 27 heavy (non-hydrogen) atoms. The molecular weight excluding hydrogens is 353 g/mol. The molecule has 0 spiro atoms. The van der Waals surface area contributed by atoms with E-state index in [4.69, 9.17) is 9.26 Å². The van der Waals surface area contributed by atoms with E-state index < -0.39 is 0 Å². The Labute approximate surface area is 152 Å². The van der Waals surface area contributed by atoms with Crippen molar-refractivity contribution in [2.75, 3.05) is 24.8 Å². The van der Waals surface area contributed by atoms with Crippen LogP contribution < -0.4 is 4.90 Å². The first-order valence-corrected chi connectivity index (χ1v) is 8.68. The van der Waals surface area contributed by atoms with Gasteiger partial charge in [-0.3, -0.25) is 4.57 Å². The van der Waals surface area contributed by atoms with Crippen LogP contribution in [0.15, 0.2) is 35.0 Å². The Balaban J connectivity index is 1.51. The Kier molecular flexibility index (Phi) is 2.95. The van der Waals surface area contributed by atoms with Crippen molar-refractivity contribution in [1.29, 1.82) is 0 Å². The normalized spacial score (nSPS) is 20.5. The number of fused-ring (bicyclic) bond motifs is 6. The fraction of sp³-hybridized carbons (Fsp3) is 0.294. The van der Waals surface area contributed by atoms with Gasteiger partial charge in [0, 0.05) is 18.1 Å². The fourth-order valence-electron chi connectivity index (χ4n) is 3.76. The van der Waals surface area contributed by atoms with Crippen LogP contribution >= 0.6 is 0 Å². The summed E-state index contributed by atoms with van der Waals surface area (Å²) in [6.07, 6.45) is 2.27. The number of halogens is 1. The smallest absolute Gasteiger partial charge is 0.296 e. The summed E-state index contributed by atoms with van der Waals surface area (Å²) in [4.78, 5) is 6.36. The number of hydrogen-bond acceptors (Lipinski definition) is 8. The molecule has 0 amide bonds. The molecule has 9 nitrogen and oxygen atoms in total. The van der Waals surface area contributed by atoms with E-state index in [1.165, 1.54) is 6.20 Å². The highest BCUT2D eigenvalue weighted by atomic mass is 19.2. The van der Waals surface area contributed by atoms with E-state index in [1.54, 1.807) is 4.57 Å². The van der Waals surface area contributed by atoms with E-state index in [0.717, 1.165) is 17.7 Å². The molecule has 1 atom stereocenters. The molecule has 3 aliphatic heterocycles. The minimum Gasteiger partial charge on any atom is -0.381 e. The molecule has 5 heterocycles. The van der Waals surface area contributed by atoms with Gasteiger partial charge in [0.25, 0.3) is 5.89 Å². The number of ether oxygens (including phenoxy) is 1. The van der Waals surface area contributed by atoms with E-state index in [9.17, 15) is 4.48 Å². The van der Waals surface area contributed by atoms with E-state index >= 15 is 0 Å². The second kappa shape index (κ2) is 5.36. The zero-order chi connectivity index (χ0) is 18.0. The first-order chi connectivity index (χ1) is 13.3. The molecule has 1 fully saturated rings. The Morgan fingerprint density at radius 1 is 1.15 bits per heavy atom. The number of benzene rings is 1. The van der Waals surface area contributed by atoms with Crippen LogP contribution in [-0.2, 0) is 4.74 Å². The van der Waals surface area contributed by atoms with Crippen molar-refractivity contribution < 1.29 is 13.7 Å². The van der Waals surface area contributed by atoms with Gasteiger partial charge in [0.05, 0.1) is 18.5 Å². The standard InChI is InChI=1S/C17H14FN7O2/c18-23-7-13-24(9-23)12-4-2-1-3-11(12)15-20-21-16(25(13)15)17-19-14(22-27-17)10-5-6-26-8-10/h1-4,7,10H,5-6,8-9H2. The highest BCUT2D eigenvalue weighted by Crippen LogP contribution is 2.43. The third-order valence-electron chi connectivity index (χ3n) is 5.06. The molecule has 6 rings (SSSR count). The zero-order valence-electron chi connectivity index (χ0n) is 14.1. The molecular formula is C17H14FN7O2. The number of hydrogen-bond donors (Lipinski definition) is 0. The first-order valence-electron chi connectivity index (χ1n) is 8.68. The largest absolute Gasteiger partial charge is 0.381 e. The Morgan fingerprint density at radius 2 is 2.04 bits per heavy atom. The van der Waals surface area contributed by atoms with Gasteiger partial charge in [0.15, 0.2) is 11.6 Å². The molecule has 0 radical (unpaired) electrons. The van der Waals surface area contributed by atoms with Gasteiger partial charge in [-0.2, -0.15) is 10.1 Å². The number of aromatic nitrogens is 5. The lowest BCUT2D eigenvalue weighted by atomic mass is 10.1. The van der Waals surface area contributed by atoms with Crippen LogP contribution in [-0.4, -0.2) is 49.9 Å². The van der Waals surface area contributed by atoms with E-state index in [1.807, 2.05) is 29.2 Å². The van der Waals surface area contributed by atoms with Crippen LogP contribution in [0.5, 0.6) is 0 Å². The van der Waals surface area contributed by atoms with Gasteiger partial charge in [-0.05, 0) is 18.6 Å². The third-order valence-corrected chi connectivity index (χ3v) is 5.06. The Bertz CT molecular complexity index is 1070. The lowest BCUT2D eigenvalue weighted by Crippen LogP contribution is -2.28. The Morgan fingerprint density at radius 3 is 2.93 bits per heavy atom. The monoisotopic (exact) mass is 367 g/mol. The highest BCUT2D eigenvalue weighted by molar-refractivity contribution is 5.89. The summed E-state index contributed by atoms with van der Waals surface area (Å²) in [6, 6.07) is 7.70. The van der Waals surface area contributed by atoms with Gasteiger partial charge in [-0.25, -0.2) is 0 Å². The number of rotatable bonds is 2. The van der Waals surface area contributed by atoms with Crippen LogP contribution in [0.25, 0.3) is 28.9 Å². The summed E-state index contributed by atoms with van der Waals surface area (Å²) in [5, 5.41) is 13.3. The maximum Gasteiger partial charge on any atom is 0.296 e. The van der Waals surface area contributed by atoms with Crippen molar-refractivity contribution in [1.82, 2.24) is 30.0 Å². The molecule has 1 aromatic carbocycles. The second-order valence-corrected chi connectivity index (χ2v) is 6.67. The van der Waals surface area contributed by atoms with Gasteiger partial charge in [0.2, 0.25) is 5.82 Å². The van der Waals surface area contributed by atoms with E-state index in [-0.39, 0.29) is 18.5 Å². The molecule has 0 aliphatic carbocycles. The van der Waals surface area contributed by atoms with Crippen molar-refractivity contribution in [2.24, 2.45) is 0 Å². The molecule has 2 aromatic heterocycles. The Hall–Kier alpha value is -3.27. The zero-order valence-corrected chi connectivity index (χ0v) is 14.1. The van der Waals surface area contributed by atoms with Crippen molar-refractivity contribution in [2.45, 2.75) is 12.3 Å². The van der Waals surface area contributed by atoms with Crippen LogP contribution in [0.2, 0.25) is 0 Å². The van der Waals surface area contributed by atoms with Gasteiger partial charge in [0.1, 0.15) is 12.5 Å². The summed E-state index contributed by atoms with van der Waals surface area (Å²) >= 11 is 0. The predicted octanol–water partition coefficient (Wildman–Crippen LogP) is 2.23. The van der Waals surface area contributed by atoms with Gasteiger partial charge < -0.3 is 14.2 Å². The van der Waals surface area contributed by atoms with Crippen molar-refractivity contribution in [3.05, 3.63) is 36.3 Å². The van der Waals surface area contributed by atoms with Crippen molar-refractivity contribution >= 4 is 11.5 Å².